The zero-order chi connectivity index (χ0) is 15.1. The number of hydrogen-bond acceptors (Lipinski definition) is 4. The van der Waals surface area contributed by atoms with Gasteiger partial charge in [0.1, 0.15) is 19.0 Å². The van der Waals surface area contributed by atoms with E-state index in [0.717, 1.165) is 12.8 Å². The van der Waals surface area contributed by atoms with Crippen LogP contribution in [0.25, 0.3) is 0 Å². The van der Waals surface area contributed by atoms with Crippen LogP contribution in [0.15, 0.2) is 24.3 Å². The topological polar surface area (TPSA) is 73.6 Å². The summed E-state index contributed by atoms with van der Waals surface area (Å²) in [6, 6.07) is 6.30. The number of anilines is 1. The second-order valence-electron chi connectivity index (χ2n) is 5.03. The van der Waals surface area contributed by atoms with E-state index in [-0.39, 0.29) is 30.8 Å². The maximum absolute atomic E-state index is 12.2. The summed E-state index contributed by atoms with van der Waals surface area (Å²) in [5.41, 5.74) is 6.61. The standard InChI is InChI=1S/C15H21FN2O3.ClH/c16-6-9-21-13-3-1-2-12(10-13)18-15(19)14(17)11-4-7-20-8-5-11;/h1-3,10-11,14H,4-9,17H2,(H,18,19);1H. The molecular weight excluding hydrogens is 311 g/mol. The third-order valence-electron chi connectivity index (χ3n) is 3.52. The molecule has 2 rings (SSSR count). The van der Waals surface area contributed by atoms with Gasteiger partial charge in [0.25, 0.3) is 0 Å². The Morgan fingerprint density at radius 1 is 1.45 bits per heavy atom. The molecule has 1 aromatic rings. The Morgan fingerprint density at radius 3 is 2.86 bits per heavy atom. The number of carbonyl (C=O) groups excluding carboxylic acids is 1. The summed E-state index contributed by atoms with van der Waals surface area (Å²) in [6.07, 6.45) is 1.60. The number of halogens is 2. The SMILES string of the molecule is Cl.NC(C(=O)Nc1cccc(OCCF)c1)C1CCOCC1. The lowest BCUT2D eigenvalue weighted by Gasteiger charge is -2.26. The number of hydrogen-bond donors (Lipinski definition) is 2. The summed E-state index contributed by atoms with van der Waals surface area (Å²) in [5, 5.41) is 2.78. The molecule has 0 aliphatic carbocycles. The molecule has 1 atom stereocenters. The van der Waals surface area contributed by atoms with Crippen molar-refractivity contribution in [3.8, 4) is 5.75 Å². The van der Waals surface area contributed by atoms with E-state index in [1.54, 1.807) is 24.3 Å². The molecule has 0 aromatic heterocycles. The Morgan fingerprint density at radius 2 is 2.18 bits per heavy atom. The number of amides is 1. The van der Waals surface area contributed by atoms with E-state index < -0.39 is 12.7 Å². The molecule has 1 saturated heterocycles. The molecule has 0 saturated carbocycles. The third-order valence-corrected chi connectivity index (χ3v) is 3.52. The number of rotatable bonds is 6. The molecule has 3 N–H and O–H groups in total. The first kappa shape index (κ1) is 18.7. The van der Waals surface area contributed by atoms with Gasteiger partial charge in [-0.05, 0) is 30.9 Å². The number of benzene rings is 1. The number of nitrogens with one attached hydrogen (secondary N) is 1. The monoisotopic (exact) mass is 332 g/mol. The first-order valence-corrected chi connectivity index (χ1v) is 7.13. The molecule has 0 spiro atoms. The fourth-order valence-corrected chi connectivity index (χ4v) is 2.33. The summed E-state index contributed by atoms with van der Waals surface area (Å²) >= 11 is 0. The van der Waals surface area contributed by atoms with Gasteiger partial charge >= 0.3 is 0 Å². The van der Waals surface area contributed by atoms with Crippen molar-refractivity contribution in [2.75, 3.05) is 31.8 Å². The average molecular weight is 333 g/mol. The van der Waals surface area contributed by atoms with Crippen molar-refractivity contribution in [2.45, 2.75) is 18.9 Å². The molecule has 1 aliphatic heterocycles. The number of alkyl halides is 1. The fourth-order valence-electron chi connectivity index (χ4n) is 2.33. The predicted octanol–water partition coefficient (Wildman–Crippen LogP) is 2.15. The lowest BCUT2D eigenvalue weighted by atomic mass is 9.92. The van der Waals surface area contributed by atoms with Crippen LogP contribution < -0.4 is 15.8 Å². The van der Waals surface area contributed by atoms with Crippen LogP contribution in [0.4, 0.5) is 10.1 Å². The molecule has 0 bridgehead atoms. The second-order valence-corrected chi connectivity index (χ2v) is 5.03. The minimum atomic E-state index is -0.552. The summed E-state index contributed by atoms with van der Waals surface area (Å²) in [7, 11) is 0. The number of carbonyl (C=O) groups is 1. The molecule has 7 heteroatoms. The fraction of sp³-hybridized carbons (Fsp3) is 0.533. The molecule has 5 nitrogen and oxygen atoms in total. The van der Waals surface area contributed by atoms with Crippen molar-refractivity contribution in [1.29, 1.82) is 0 Å². The zero-order valence-electron chi connectivity index (χ0n) is 12.3. The molecule has 1 unspecified atom stereocenters. The van der Waals surface area contributed by atoms with Crippen LogP contribution in [0.3, 0.4) is 0 Å². The van der Waals surface area contributed by atoms with Gasteiger partial charge in [-0.25, -0.2) is 4.39 Å². The van der Waals surface area contributed by atoms with Crippen molar-refractivity contribution in [3.63, 3.8) is 0 Å². The quantitative estimate of drug-likeness (QED) is 0.837. The highest BCUT2D eigenvalue weighted by Gasteiger charge is 2.26. The molecule has 1 amide bonds. The Labute approximate surface area is 135 Å². The summed E-state index contributed by atoms with van der Waals surface area (Å²) in [5.74, 6) is 0.444. The molecule has 1 heterocycles. The molecule has 1 fully saturated rings. The zero-order valence-corrected chi connectivity index (χ0v) is 13.1. The van der Waals surface area contributed by atoms with E-state index >= 15 is 0 Å². The first-order valence-electron chi connectivity index (χ1n) is 7.13. The van der Waals surface area contributed by atoms with Gasteiger partial charge in [0.05, 0.1) is 6.04 Å². The summed E-state index contributed by atoms with van der Waals surface area (Å²) in [6.45, 7) is 0.751. The molecular formula is C15H22ClFN2O3. The van der Waals surface area contributed by atoms with Gasteiger partial charge in [-0.1, -0.05) is 6.07 Å². The van der Waals surface area contributed by atoms with Crippen molar-refractivity contribution in [1.82, 2.24) is 0 Å². The van der Waals surface area contributed by atoms with Gasteiger partial charge < -0.3 is 20.5 Å². The van der Waals surface area contributed by atoms with Crippen molar-refractivity contribution < 1.29 is 18.7 Å². The van der Waals surface area contributed by atoms with E-state index in [9.17, 15) is 9.18 Å². The van der Waals surface area contributed by atoms with Gasteiger partial charge in [0.15, 0.2) is 0 Å². The molecule has 1 aliphatic rings. The minimum absolute atomic E-state index is 0. The van der Waals surface area contributed by atoms with Crippen molar-refractivity contribution in [3.05, 3.63) is 24.3 Å². The number of ether oxygens (including phenoxy) is 2. The largest absolute Gasteiger partial charge is 0.491 e. The minimum Gasteiger partial charge on any atom is -0.491 e. The van der Waals surface area contributed by atoms with Crippen molar-refractivity contribution in [2.24, 2.45) is 11.7 Å². The van der Waals surface area contributed by atoms with Gasteiger partial charge in [-0.15, -0.1) is 12.4 Å². The molecule has 124 valence electrons. The average Bonchev–Trinajstić information content (AvgIpc) is 2.53. The molecule has 0 radical (unpaired) electrons. The number of nitrogens with two attached hydrogens (primary N) is 1. The van der Waals surface area contributed by atoms with Crippen LogP contribution >= 0.6 is 12.4 Å². The van der Waals surface area contributed by atoms with Gasteiger partial charge in [0, 0.05) is 25.0 Å². The summed E-state index contributed by atoms with van der Waals surface area (Å²) in [4.78, 5) is 12.2. The third kappa shape index (κ3) is 5.44. The molecule has 1 aromatic carbocycles. The van der Waals surface area contributed by atoms with E-state index in [4.69, 9.17) is 15.2 Å². The van der Waals surface area contributed by atoms with E-state index in [0.29, 0.717) is 24.7 Å². The maximum atomic E-state index is 12.2. The van der Waals surface area contributed by atoms with Crippen LogP contribution in [0, 0.1) is 5.92 Å². The predicted molar refractivity (Wildman–Crippen MR) is 85.3 cm³/mol. The van der Waals surface area contributed by atoms with Crippen LogP contribution in [0.5, 0.6) is 5.75 Å². The highest BCUT2D eigenvalue weighted by atomic mass is 35.5. The van der Waals surface area contributed by atoms with Crippen LogP contribution in [-0.4, -0.2) is 38.4 Å². The summed E-state index contributed by atoms with van der Waals surface area (Å²) < 4.78 is 22.5. The van der Waals surface area contributed by atoms with Gasteiger partial charge in [0.2, 0.25) is 5.91 Å². The maximum Gasteiger partial charge on any atom is 0.241 e. The highest BCUT2D eigenvalue weighted by Crippen LogP contribution is 2.21. The van der Waals surface area contributed by atoms with E-state index in [1.165, 1.54) is 0 Å². The van der Waals surface area contributed by atoms with Crippen molar-refractivity contribution >= 4 is 24.0 Å². The highest BCUT2D eigenvalue weighted by molar-refractivity contribution is 5.95. The van der Waals surface area contributed by atoms with Crippen LogP contribution in [0.2, 0.25) is 0 Å². The molecule has 22 heavy (non-hydrogen) atoms. The van der Waals surface area contributed by atoms with Gasteiger partial charge in [-0.2, -0.15) is 0 Å². The van der Waals surface area contributed by atoms with Gasteiger partial charge in [-0.3, -0.25) is 4.79 Å². The Balaban J connectivity index is 0.00000242. The first-order chi connectivity index (χ1) is 10.2. The lowest BCUT2D eigenvalue weighted by molar-refractivity contribution is -0.119. The van der Waals surface area contributed by atoms with E-state index in [1.807, 2.05) is 0 Å². The van der Waals surface area contributed by atoms with Crippen LogP contribution in [0.1, 0.15) is 12.8 Å². The Kier molecular flexibility index (Phi) is 8.16. The Hall–Kier alpha value is -1.37. The van der Waals surface area contributed by atoms with E-state index in [2.05, 4.69) is 5.32 Å². The lowest BCUT2D eigenvalue weighted by Crippen LogP contribution is -2.43. The second kappa shape index (κ2) is 9.61. The smallest absolute Gasteiger partial charge is 0.241 e. The van der Waals surface area contributed by atoms with Crippen LogP contribution in [-0.2, 0) is 9.53 Å². The Bertz CT molecular complexity index is 470. The normalized spacial score (nSPS) is 16.5.